The highest BCUT2D eigenvalue weighted by Crippen LogP contribution is 2.35. The Morgan fingerprint density at radius 1 is 1.06 bits per heavy atom. The van der Waals surface area contributed by atoms with Crippen LogP contribution in [-0.2, 0) is 16.1 Å². The highest BCUT2D eigenvalue weighted by Gasteiger charge is 2.42. The topological polar surface area (TPSA) is 49.9 Å². The summed E-state index contributed by atoms with van der Waals surface area (Å²) in [5.41, 5.74) is 2.46. The van der Waals surface area contributed by atoms with Gasteiger partial charge >= 0.3 is 0 Å². The number of piperidine rings is 1. The Labute approximate surface area is 188 Å². The monoisotopic (exact) mass is 438 g/mol. The molecular weight excluding hydrogens is 412 g/mol. The molecule has 2 aliphatic rings. The third kappa shape index (κ3) is 4.33. The van der Waals surface area contributed by atoms with Gasteiger partial charge < -0.3 is 9.64 Å². The quantitative estimate of drug-likeness (QED) is 0.610. The average Bonchev–Trinajstić information content (AvgIpc) is 3.01. The molecule has 162 valence electrons. The first-order chi connectivity index (χ1) is 15.0. The molecule has 0 aromatic heterocycles. The smallest absolute Gasteiger partial charge is 0.278 e. The van der Waals surface area contributed by atoms with Crippen LogP contribution in [0.4, 0.5) is 0 Å². The van der Waals surface area contributed by atoms with Crippen LogP contribution in [0.15, 0.2) is 54.2 Å². The van der Waals surface area contributed by atoms with E-state index in [0.29, 0.717) is 28.8 Å². The van der Waals surface area contributed by atoms with Crippen LogP contribution < -0.4 is 4.74 Å². The van der Waals surface area contributed by atoms with Crippen molar-refractivity contribution in [2.75, 3.05) is 19.7 Å². The van der Waals surface area contributed by atoms with E-state index in [1.165, 1.54) is 4.90 Å². The van der Waals surface area contributed by atoms with E-state index in [4.69, 9.17) is 16.3 Å². The van der Waals surface area contributed by atoms with Crippen molar-refractivity contribution in [3.05, 3.63) is 70.4 Å². The zero-order valence-electron chi connectivity index (χ0n) is 17.9. The number of carbonyl (C=O) groups excluding carboxylic acids is 2. The van der Waals surface area contributed by atoms with Gasteiger partial charge in [-0.15, -0.1) is 0 Å². The van der Waals surface area contributed by atoms with Crippen molar-refractivity contribution in [1.82, 2.24) is 9.80 Å². The van der Waals surface area contributed by atoms with Crippen molar-refractivity contribution in [2.45, 2.75) is 33.2 Å². The molecule has 4 rings (SSSR count). The van der Waals surface area contributed by atoms with E-state index in [1.807, 2.05) is 49.4 Å². The van der Waals surface area contributed by atoms with Gasteiger partial charge in [-0.2, -0.15) is 0 Å². The number of carbonyl (C=O) groups is 2. The molecule has 0 saturated carbocycles. The molecule has 2 amide bonds. The molecule has 6 heteroatoms. The van der Waals surface area contributed by atoms with E-state index in [2.05, 4.69) is 11.8 Å². The fourth-order valence-corrected chi connectivity index (χ4v) is 4.53. The number of hydrogen-bond donors (Lipinski definition) is 0. The summed E-state index contributed by atoms with van der Waals surface area (Å²) in [4.78, 5) is 30.5. The summed E-state index contributed by atoms with van der Waals surface area (Å²) in [7, 11) is 0. The normalized spacial score (nSPS) is 19.4. The van der Waals surface area contributed by atoms with Gasteiger partial charge in [0.2, 0.25) is 0 Å². The average molecular weight is 439 g/mol. The summed E-state index contributed by atoms with van der Waals surface area (Å²) in [6.45, 7) is 6.39. The van der Waals surface area contributed by atoms with Gasteiger partial charge in [-0.25, -0.2) is 0 Å². The van der Waals surface area contributed by atoms with E-state index in [-0.39, 0.29) is 18.4 Å². The lowest BCUT2D eigenvalue weighted by molar-refractivity contribution is -0.138. The fraction of sp³-hybridized carbons (Fsp3) is 0.360. The van der Waals surface area contributed by atoms with Crippen LogP contribution in [0, 0.1) is 5.92 Å². The van der Waals surface area contributed by atoms with Crippen molar-refractivity contribution < 1.29 is 14.3 Å². The molecule has 0 spiro atoms. The molecule has 1 atom stereocenters. The number of hydrogen-bond acceptors (Lipinski definition) is 4. The van der Waals surface area contributed by atoms with Crippen LogP contribution in [0.3, 0.4) is 0 Å². The Balaban J connectivity index is 1.73. The molecule has 1 saturated heterocycles. The molecular formula is C25H27ClN2O3. The number of halogens is 1. The van der Waals surface area contributed by atoms with Crippen molar-refractivity contribution in [1.29, 1.82) is 0 Å². The highest BCUT2D eigenvalue weighted by atomic mass is 35.5. The van der Waals surface area contributed by atoms with Crippen LogP contribution in [0.5, 0.6) is 5.75 Å². The molecule has 0 bridgehead atoms. The van der Waals surface area contributed by atoms with Crippen LogP contribution in [0.1, 0.15) is 37.8 Å². The highest BCUT2D eigenvalue weighted by molar-refractivity contribution is 6.35. The molecule has 0 aliphatic carbocycles. The fourth-order valence-electron chi connectivity index (χ4n) is 4.33. The van der Waals surface area contributed by atoms with Crippen LogP contribution >= 0.6 is 11.6 Å². The first kappa shape index (κ1) is 21.4. The number of amides is 2. The third-order valence-electron chi connectivity index (χ3n) is 5.86. The second kappa shape index (κ2) is 9.15. The van der Waals surface area contributed by atoms with Gasteiger partial charge in [-0.1, -0.05) is 48.9 Å². The van der Waals surface area contributed by atoms with Gasteiger partial charge in [0.1, 0.15) is 11.4 Å². The predicted octanol–water partition coefficient (Wildman–Crippen LogP) is 4.75. The molecule has 2 heterocycles. The zero-order chi connectivity index (χ0) is 22.0. The Morgan fingerprint density at radius 2 is 1.81 bits per heavy atom. The SMILES string of the molecule is CCOc1ccc(C2=C(N3CCCC(C)C3)C(=O)N(Cc3ccccc3Cl)C2=O)cc1. The minimum Gasteiger partial charge on any atom is -0.494 e. The number of likely N-dealkylation sites (tertiary alicyclic amines) is 1. The van der Waals surface area contributed by atoms with E-state index < -0.39 is 0 Å². The number of nitrogens with zero attached hydrogens (tertiary/aromatic N) is 2. The molecule has 1 unspecified atom stereocenters. The first-order valence-corrected chi connectivity index (χ1v) is 11.2. The second-order valence-electron chi connectivity index (χ2n) is 8.16. The Kier molecular flexibility index (Phi) is 6.33. The van der Waals surface area contributed by atoms with Gasteiger partial charge in [0.15, 0.2) is 0 Å². The molecule has 2 aromatic carbocycles. The van der Waals surface area contributed by atoms with Gasteiger partial charge in [-0.3, -0.25) is 14.5 Å². The number of imide groups is 1. The standard InChI is InChI=1S/C25H27ClN2O3/c1-3-31-20-12-10-18(11-13-20)22-23(27-14-6-7-17(2)15-27)25(30)28(24(22)29)16-19-8-4-5-9-21(19)26/h4-5,8-13,17H,3,6-7,14-16H2,1-2H3. The molecule has 2 aromatic rings. The lowest BCUT2D eigenvalue weighted by Crippen LogP contribution is -2.39. The first-order valence-electron chi connectivity index (χ1n) is 10.8. The van der Waals surface area contributed by atoms with E-state index in [9.17, 15) is 9.59 Å². The summed E-state index contributed by atoms with van der Waals surface area (Å²) < 4.78 is 5.54. The molecule has 5 nitrogen and oxygen atoms in total. The molecule has 31 heavy (non-hydrogen) atoms. The third-order valence-corrected chi connectivity index (χ3v) is 6.23. The van der Waals surface area contributed by atoms with Crippen molar-refractivity contribution in [2.24, 2.45) is 5.92 Å². The summed E-state index contributed by atoms with van der Waals surface area (Å²) in [6, 6.07) is 14.7. The summed E-state index contributed by atoms with van der Waals surface area (Å²) in [5, 5.41) is 0.547. The Morgan fingerprint density at radius 3 is 2.48 bits per heavy atom. The van der Waals surface area contributed by atoms with Crippen molar-refractivity contribution in [3.63, 3.8) is 0 Å². The van der Waals surface area contributed by atoms with Crippen molar-refractivity contribution >= 4 is 29.0 Å². The minimum absolute atomic E-state index is 0.158. The van der Waals surface area contributed by atoms with E-state index in [0.717, 1.165) is 42.8 Å². The maximum Gasteiger partial charge on any atom is 0.278 e. The van der Waals surface area contributed by atoms with Crippen molar-refractivity contribution in [3.8, 4) is 5.75 Å². The molecule has 2 aliphatic heterocycles. The lowest BCUT2D eigenvalue weighted by Gasteiger charge is -2.33. The van der Waals surface area contributed by atoms with Gasteiger partial charge in [0.05, 0.1) is 18.7 Å². The maximum absolute atomic E-state index is 13.5. The maximum atomic E-state index is 13.5. The largest absolute Gasteiger partial charge is 0.494 e. The predicted molar refractivity (Wildman–Crippen MR) is 122 cm³/mol. The van der Waals surface area contributed by atoms with Gasteiger partial charge in [0.25, 0.3) is 11.8 Å². The molecule has 0 N–H and O–H groups in total. The summed E-state index contributed by atoms with van der Waals surface area (Å²) >= 11 is 6.32. The van der Waals surface area contributed by atoms with E-state index in [1.54, 1.807) is 6.07 Å². The zero-order valence-corrected chi connectivity index (χ0v) is 18.7. The van der Waals surface area contributed by atoms with Crippen LogP contribution in [0.2, 0.25) is 5.02 Å². The number of rotatable bonds is 6. The van der Waals surface area contributed by atoms with Gasteiger partial charge in [0, 0.05) is 18.1 Å². The van der Waals surface area contributed by atoms with Crippen LogP contribution in [0.25, 0.3) is 5.57 Å². The van der Waals surface area contributed by atoms with Crippen LogP contribution in [-0.4, -0.2) is 41.3 Å². The molecule has 1 fully saturated rings. The number of ether oxygens (including phenoxy) is 1. The second-order valence-corrected chi connectivity index (χ2v) is 8.57. The minimum atomic E-state index is -0.276. The lowest BCUT2D eigenvalue weighted by atomic mass is 9.97. The summed E-state index contributed by atoms with van der Waals surface area (Å²) in [6.07, 6.45) is 2.14. The summed E-state index contributed by atoms with van der Waals surface area (Å²) in [5.74, 6) is 0.693. The Bertz CT molecular complexity index is 1020. The van der Waals surface area contributed by atoms with E-state index >= 15 is 0 Å². The Hall–Kier alpha value is -2.79. The van der Waals surface area contributed by atoms with Gasteiger partial charge in [-0.05, 0) is 55.0 Å². The number of benzene rings is 2. The molecule has 0 radical (unpaired) electrons.